The number of unbranched alkanes of at least 4 members (excludes halogenated alkanes) is 6. The fraction of sp³-hybridized carbons (Fsp3) is 0.643. The molecule has 0 bridgehead atoms. The summed E-state index contributed by atoms with van der Waals surface area (Å²) >= 11 is 0. The van der Waals surface area contributed by atoms with Crippen LogP contribution in [0.15, 0.2) is 36.4 Å². The van der Waals surface area contributed by atoms with E-state index in [9.17, 15) is 0 Å². The van der Waals surface area contributed by atoms with Crippen LogP contribution in [0.1, 0.15) is 114 Å². The molecule has 0 saturated heterocycles. The molecule has 0 unspecified atom stereocenters. The lowest BCUT2D eigenvalue weighted by Gasteiger charge is -2.29. The summed E-state index contributed by atoms with van der Waals surface area (Å²) in [6.07, 6.45) is 19.5. The summed E-state index contributed by atoms with van der Waals surface area (Å²) < 4.78 is 0. The van der Waals surface area contributed by atoms with Crippen LogP contribution in [0.4, 0.5) is 0 Å². The molecular weight excluding hydrogens is 336 g/mol. The maximum atomic E-state index is 2.49. The molecule has 0 atom stereocenters. The second-order valence-electron chi connectivity index (χ2n) is 9.32. The van der Waals surface area contributed by atoms with Crippen molar-refractivity contribution in [2.24, 2.45) is 5.92 Å². The van der Waals surface area contributed by atoms with Crippen LogP contribution in [0.3, 0.4) is 0 Å². The van der Waals surface area contributed by atoms with Gasteiger partial charge in [-0.1, -0.05) is 102 Å². The molecule has 0 aliphatic heterocycles. The first-order valence-electron chi connectivity index (χ1n) is 12.3. The molecule has 28 heavy (non-hydrogen) atoms. The van der Waals surface area contributed by atoms with Gasteiger partial charge in [0.05, 0.1) is 0 Å². The number of benzene rings is 2. The number of rotatable bonds is 11. The average molecular weight is 379 g/mol. The van der Waals surface area contributed by atoms with Crippen LogP contribution in [0, 0.1) is 5.92 Å². The minimum atomic E-state index is 0.796. The Morgan fingerprint density at radius 2 is 1.36 bits per heavy atom. The lowest BCUT2D eigenvalue weighted by Crippen LogP contribution is -2.13. The normalized spacial score (nSPS) is 19.9. The summed E-state index contributed by atoms with van der Waals surface area (Å²) in [4.78, 5) is 0. The molecule has 1 aliphatic rings. The molecule has 0 amide bonds. The van der Waals surface area contributed by atoms with Crippen molar-refractivity contribution < 1.29 is 0 Å². The van der Waals surface area contributed by atoms with Gasteiger partial charge in [0.2, 0.25) is 0 Å². The third-order valence-corrected chi connectivity index (χ3v) is 7.03. The zero-order valence-corrected chi connectivity index (χ0v) is 18.5. The molecule has 0 spiro atoms. The van der Waals surface area contributed by atoms with E-state index in [0.717, 1.165) is 11.8 Å². The molecule has 1 saturated carbocycles. The maximum absolute atomic E-state index is 2.49. The van der Waals surface area contributed by atoms with E-state index in [1.54, 1.807) is 5.56 Å². The van der Waals surface area contributed by atoms with Crippen LogP contribution in [-0.2, 0) is 6.42 Å². The molecule has 154 valence electrons. The Balaban J connectivity index is 1.52. The van der Waals surface area contributed by atoms with E-state index < -0.39 is 0 Å². The third-order valence-electron chi connectivity index (χ3n) is 7.03. The summed E-state index contributed by atoms with van der Waals surface area (Å²) in [5, 5.41) is 2.88. The number of hydrogen-bond donors (Lipinski definition) is 0. The Hall–Kier alpha value is -1.30. The smallest absolute Gasteiger partial charge is 0.0162 e. The molecule has 0 aromatic heterocycles. The summed E-state index contributed by atoms with van der Waals surface area (Å²) in [7, 11) is 0. The SMILES string of the molecule is CCCCCCCc1ccc2cc([C@H]3CC[C@H](CCCCC)CC3)ccc2c1. The molecule has 3 rings (SSSR count). The molecule has 0 heterocycles. The second-order valence-corrected chi connectivity index (χ2v) is 9.32. The van der Waals surface area contributed by atoms with Crippen LogP contribution in [-0.4, -0.2) is 0 Å². The highest BCUT2D eigenvalue weighted by molar-refractivity contribution is 5.84. The van der Waals surface area contributed by atoms with Gasteiger partial charge in [0.15, 0.2) is 0 Å². The Morgan fingerprint density at radius 3 is 2.14 bits per heavy atom. The summed E-state index contributed by atoms with van der Waals surface area (Å²) in [6.45, 7) is 4.60. The number of aryl methyl sites for hydroxylation is 1. The topological polar surface area (TPSA) is 0 Å². The molecule has 1 fully saturated rings. The van der Waals surface area contributed by atoms with Gasteiger partial charge in [0.1, 0.15) is 0 Å². The van der Waals surface area contributed by atoms with Gasteiger partial charge in [0.25, 0.3) is 0 Å². The lowest BCUT2D eigenvalue weighted by molar-refractivity contribution is 0.303. The summed E-state index contributed by atoms with van der Waals surface area (Å²) in [5.41, 5.74) is 3.11. The van der Waals surface area contributed by atoms with E-state index in [1.165, 1.54) is 106 Å². The summed E-state index contributed by atoms with van der Waals surface area (Å²) in [6, 6.07) is 14.5. The van der Waals surface area contributed by atoms with Gasteiger partial charge >= 0.3 is 0 Å². The Morgan fingerprint density at radius 1 is 0.679 bits per heavy atom. The van der Waals surface area contributed by atoms with Crippen molar-refractivity contribution in [3.63, 3.8) is 0 Å². The van der Waals surface area contributed by atoms with Crippen molar-refractivity contribution in [1.82, 2.24) is 0 Å². The summed E-state index contributed by atoms with van der Waals surface area (Å²) in [5.74, 6) is 1.80. The van der Waals surface area contributed by atoms with E-state index in [4.69, 9.17) is 0 Å². The minimum absolute atomic E-state index is 0.796. The van der Waals surface area contributed by atoms with Crippen LogP contribution in [0.2, 0.25) is 0 Å². The van der Waals surface area contributed by atoms with Crippen molar-refractivity contribution in [2.45, 2.75) is 110 Å². The second kappa shape index (κ2) is 11.6. The largest absolute Gasteiger partial charge is 0.0654 e. The van der Waals surface area contributed by atoms with Crippen molar-refractivity contribution in [1.29, 1.82) is 0 Å². The van der Waals surface area contributed by atoms with Crippen LogP contribution in [0.25, 0.3) is 10.8 Å². The van der Waals surface area contributed by atoms with Crippen LogP contribution >= 0.6 is 0 Å². The minimum Gasteiger partial charge on any atom is -0.0654 e. The first kappa shape index (κ1) is 21.4. The van der Waals surface area contributed by atoms with E-state index >= 15 is 0 Å². The first-order valence-corrected chi connectivity index (χ1v) is 12.3. The lowest BCUT2D eigenvalue weighted by atomic mass is 9.77. The van der Waals surface area contributed by atoms with E-state index in [2.05, 4.69) is 50.2 Å². The highest BCUT2D eigenvalue weighted by atomic mass is 14.3. The molecule has 0 heteroatoms. The van der Waals surface area contributed by atoms with Gasteiger partial charge < -0.3 is 0 Å². The number of hydrogen-bond acceptors (Lipinski definition) is 0. The number of fused-ring (bicyclic) bond motifs is 1. The fourth-order valence-corrected chi connectivity index (χ4v) is 5.12. The molecular formula is C28H42. The zero-order valence-electron chi connectivity index (χ0n) is 18.5. The monoisotopic (exact) mass is 378 g/mol. The zero-order chi connectivity index (χ0) is 19.6. The third kappa shape index (κ3) is 6.36. The van der Waals surface area contributed by atoms with Crippen LogP contribution in [0.5, 0.6) is 0 Å². The molecule has 2 aromatic rings. The molecule has 2 aromatic carbocycles. The van der Waals surface area contributed by atoms with Gasteiger partial charge in [-0.05, 0) is 72.3 Å². The quantitative estimate of drug-likeness (QED) is 0.342. The molecule has 1 aliphatic carbocycles. The van der Waals surface area contributed by atoms with Crippen molar-refractivity contribution in [2.75, 3.05) is 0 Å². The van der Waals surface area contributed by atoms with E-state index in [0.29, 0.717) is 0 Å². The fourth-order valence-electron chi connectivity index (χ4n) is 5.12. The van der Waals surface area contributed by atoms with Crippen molar-refractivity contribution in [3.05, 3.63) is 47.5 Å². The molecule has 0 N–H and O–H groups in total. The Bertz CT molecular complexity index is 690. The van der Waals surface area contributed by atoms with Crippen molar-refractivity contribution in [3.8, 4) is 0 Å². The van der Waals surface area contributed by atoms with Gasteiger partial charge in [0, 0.05) is 0 Å². The Kier molecular flexibility index (Phi) is 8.90. The van der Waals surface area contributed by atoms with Crippen LogP contribution < -0.4 is 0 Å². The molecule has 0 nitrogen and oxygen atoms in total. The van der Waals surface area contributed by atoms with Gasteiger partial charge in [-0.15, -0.1) is 0 Å². The maximum Gasteiger partial charge on any atom is -0.0162 e. The first-order chi connectivity index (χ1) is 13.8. The van der Waals surface area contributed by atoms with E-state index in [-0.39, 0.29) is 0 Å². The van der Waals surface area contributed by atoms with Crippen molar-refractivity contribution >= 4 is 10.8 Å². The highest BCUT2D eigenvalue weighted by Crippen LogP contribution is 2.38. The Labute approximate surface area is 174 Å². The molecule has 0 radical (unpaired) electrons. The highest BCUT2D eigenvalue weighted by Gasteiger charge is 2.22. The van der Waals surface area contributed by atoms with Gasteiger partial charge in [-0.25, -0.2) is 0 Å². The predicted octanol–water partition coefficient (Wildman–Crippen LogP) is 9.21. The van der Waals surface area contributed by atoms with E-state index in [1.807, 2.05) is 0 Å². The average Bonchev–Trinajstić information content (AvgIpc) is 2.74. The van der Waals surface area contributed by atoms with Gasteiger partial charge in [-0.3, -0.25) is 0 Å². The predicted molar refractivity (Wildman–Crippen MR) is 125 cm³/mol. The van der Waals surface area contributed by atoms with Gasteiger partial charge in [-0.2, -0.15) is 0 Å². The standard InChI is InChI=1S/C28H42/c1-3-5-7-8-10-12-24-15-18-28-22-27(20-19-26(28)21-24)25-16-13-23(14-17-25)11-9-6-4-2/h15,18-23,25H,3-14,16-17H2,1-2H3/t23-,25-.